The second-order valence-corrected chi connectivity index (χ2v) is 7.43. The summed E-state index contributed by atoms with van der Waals surface area (Å²) in [6.45, 7) is 7.86. The summed E-state index contributed by atoms with van der Waals surface area (Å²) < 4.78 is 0.220. The van der Waals surface area contributed by atoms with E-state index in [-0.39, 0.29) is 4.75 Å². The van der Waals surface area contributed by atoms with E-state index in [1.165, 1.54) is 29.9 Å². The Bertz CT molecular complexity index is 365. The molecule has 1 aliphatic rings. The van der Waals surface area contributed by atoms with Crippen molar-refractivity contribution in [1.29, 1.82) is 0 Å². The van der Waals surface area contributed by atoms with Gasteiger partial charge in [-0.3, -0.25) is 0 Å². The molecule has 1 fully saturated rings. The zero-order chi connectivity index (χ0) is 12.3. The van der Waals surface area contributed by atoms with Crippen molar-refractivity contribution in [3.05, 3.63) is 23.9 Å². The highest BCUT2D eigenvalue weighted by Crippen LogP contribution is 2.36. The Morgan fingerprint density at radius 1 is 1.35 bits per heavy atom. The zero-order valence-electron chi connectivity index (χ0n) is 11.0. The van der Waals surface area contributed by atoms with Crippen molar-refractivity contribution >= 4 is 11.8 Å². The SMILES string of the molecule is CC(C)(C)Sc1ncccc1[C@@H]1CCCCN1. The molecule has 0 amide bonds. The van der Waals surface area contributed by atoms with E-state index in [4.69, 9.17) is 0 Å². The van der Waals surface area contributed by atoms with Gasteiger partial charge in [0.1, 0.15) is 5.03 Å². The van der Waals surface area contributed by atoms with E-state index in [0.717, 1.165) is 6.54 Å². The third-order valence-corrected chi connectivity index (χ3v) is 4.04. The number of rotatable bonds is 2. The van der Waals surface area contributed by atoms with E-state index in [9.17, 15) is 0 Å². The molecule has 0 spiro atoms. The Kier molecular flexibility index (Phi) is 4.10. The Labute approximate surface area is 109 Å². The quantitative estimate of drug-likeness (QED) is 0.808. The molecule has 2 heterocycles. The first kappa shape index (κ1) is 12.9. The highest BCUT2D eigenvalue weighted by atomic mass is 32.2. The summed E-state index contributed by atoms with van der Waals surface area (Å²) in [5, 5.41) is 4.80. The van der Waals surface area contributed by atoms with E-state index in [1.807, 2.05) is 18.0 Å². The lowest BCUT2D eigenvalue weighted by Gasteiger charge is -2.27. The molecule has 1 N–H and O–H groups in total. The van der Waals surface area contributed by atoms with E-state index in [2.05, 4.69) is 43.2 Å². The normalized spacial score (nSPS) is 21.5. The van der Waals surface area contributed by atoms with Crippen LogP contribution in [0.2, 0.25) is 0 Å². The number of hydrogen-bond donors (Lipinski definition) is 1. The van der Waals surface area contributed by atoms with Crippen LogP contribution in [0.25, 0.3) is 0 Å². The molecule has 2 rings (SSSR count). The molecular weight excluding hydrogens is 228 g/mol. The lowest BCUT2D eigenvalue weighted by Crippen LogP contribution is -2.27. The second-order valence-electron chi connectivity index (χ2n) is 5.61. The van der Waals surface area contributed by atoms with E-state index >= 15 is 0 Å². The van der Waals surface area contributed by atoms with E-state index in [1.54, 1.807) is 0 Å². The predicted octanol–water partition coefficient (Wildman–Crippen LogP) is 3.79. The van der Waals surface area contributed by atoms with Crippen LogP contribution < -0.4 is 5.32 Å². The summed E-state index contributed by atoms with van der Waals surface area (Å²) in [6.07, 6.45) is 5.77. The van der Waals surface area contributed by atoms with Gasteiger partial charge in [0.05, 0.1) is 0 Å². The first-order valence-corrected chi connectivity index (χ1v) is 7.25. The van der Waals surface area contributed by atoms with Gasteiger partial charge in [-0.2, -0.15) is 0 Å². The van der Waals surface area contributed by atoms with Crippen LogP contribution in [0.1, 0.15) is 51.6 Å². The summed E-state index contributed by atoms with van der Waals surface area (Å²) in [5.41, 5.74) is 1.38. The molecule has 3 heteroatoms. The molecule has 1 atom stereocenters. The largest absolute Gasteiger partial charge is 0.310 e. The lowest BCUT2D eigenvalue weighted by atomic mass is 9.99. The smallest absolute Gasteiger partial charge is 0.101 e. The molecule has 1 aromatic rings. The van der Waals surface area contributed by atoms with Crippen molar-refractivity contribution in [3.8, 4) is 0 Å². The van der Waals surface area contributed by atoms with Gasteiger partial charge in [0.25, 0.3) is 0 Å². The van der Waals surface area contributed by atoms with Gasteiger partial charge in [0.2, 0.25) is 0 Å². The second kappa shape index (κ2) is 5.40. The van der Waals surface area contributed by atoms with Gasteiger partial charge >= 0.3 is 0 Å². The van der Waals surface area contributed by atoms with Gasteiger partial charge in [-0.15, -0.1) is 11.8 Å². The van der Waals surface area contributed by atoms with Crippen LogP contribution in [-0.2, 0) is 0 Å². The molecule has 94 valence electrons. The lowest BCUT2D eigenvalue weighted by molar-refractivity contribution is 0.406. The average Bonchev–Trinajstić information content (AvgIpc) is 2.29. The number of piperidine rings is 1. The molecular formula is C14H22N2S. The molecule has 0 aromatic carbocycles. The first-order chi connectivity index (χ1) is 8.06. The molecule has 2 nitrogen and oxygen atoms in total. The highest BCUT2D eigenvalue weighted by Gasteiger charge is 2.21. The van der Waals surface area contributed by atoms with Crippen molar-refractivity contribution in [3.63, 3.8) is 0 Å². The average molecular weight is 250 g/mol. The van der Waals surface area contributed by atoms with Crippen molar-refractivity contribution in [2.24, 2.45) is 0 Å². The highest BCUT2D eigenvalue weighted by molar-refractivity contribution is 8.00. The topological polar surface area (TPSA) is 24.9 Å². The summed E-state index contributed by atoms with van der Waals surface area (Å²) >= 11 is 1.87. The fourth-order valence-corrected chi connectivity index (χ4v) is 3.18. The van der Waals surface area contributed by atoms with Crippen LogP contribution in [0.3, 0.4) is 0 Å². The van der Waals surface area contributed by atoms with Crippen LogP contribution in [0.5, 0.6) is 0 Å². The predicted molar refractivity (Wildman–Crippen MR) is 74.4 cm³/mol. The minimum absolute atomic E-state index is 0.220. The third kappa shape index (κ3) is 3.71. The van der Waals surface area contributed by atoms with Crippen molar-refractivity contribution in [2.75, 3.05) is 6.54 Å². The van der Waals surface area contributed by atoms with Gasteiger partial charge < -0.3 is 5.32 Å². The van der Waals surface area contributed by atoms with E-state index in [0.29, 0.717) is 6.04 Å². The maximum atomic E-state index is 4.56. The fourth-order valence-electron chi connectivity index (χ4n) is 2.16. The molecule has 0 saturated carbocycles. The summed E-state index contributed by atoms with van der Waals surface area (Å²) in [5.74, 6) is 0. The standard InChI is InChI=1S/C14H22N2S/c1-14(2,3)17-13-11(7-6-10-16-13)12-8-4-5-9-15-12/h6-7,10,12,15H,4-5,8-9H2,1-3H3/t12-/m0/s1. The van der Waals surface area contributed by atoms with Crippen LogP contribution in [0, 0.1) is 0 Å². The molecule has 0 aliphatic carbocycles. The van der Waals surface area contributed by atoms with Gasteiger partial charge in [-0.05, 0) is 25.5 Å². The molecule has 0 radical (unpaired) electrons. The maximum absolute atomic E-state index is 4.56. The van der Waals surface area contributed by atoms with E-state index < -0.39 is 0 Å². The summed E-state index contributed by atoms with van der Waals surface area (Å²) in [6, 6.07) is 4.78. The summed E-state index contributed by atoms with van der Waals surface area (Å²) in [7, 11) is 0. The van der Waals surface area contributed by atoms with Crippen molar-refractivity contribution in [1.82, 2.24) is 10.3 Å². The zero-order valence-corrected chi connectivity index (χ0v) is 11.8. The number of nitrogens with zero attached hydrogens (tertiary/aromatic N) is 1. The number of thioether (sulfide) groups is 1. The third-order valence-electron chi connectivity index (χ3n) is 2.89. The van der Waals surface area contributed by atoms with Crippen LogP contribution >= 0.6 is 11.8 Å². The summed E-state index contributed by atoms with van der Waals surface area (Å²) in [4.78, 5) is 4.56. The molecule has 0 bridgehead atoms. The van der Waals surface area contributed by atoms with Crippen LogP contribution in [0.15, 0.2) is 23.4 Å². The van der Waals surface area contributed by atoms with Crippen molar-refractivity contribution in [2.45, 2.75) is 55.8 Å². The van der Waals surface area contributed by atoms with Crippen molar-refractivity contribution < 1.29 is 0 Å². The first-order valence-electron chi connectivity index (χ1n) is 6.43. The molecule has 1 aliphatic heterocycles. The maximum Gasteiger partial charge on any atom is 0.101 e. The van der Waals surface area contributed by atoms with Gasteiger partial charge in [-0.1, -0.05) is 33.3 Å². The Balaban J connectivity index is 2.20. The minimum atomic E-state index is 0.220. The fraction of sp³-hybridized carbons (Fsp3) is 0.643. The minimum Gasteiger partial charge on any atom is -0.310 e. The number of hydrogen-bond acceptors (Lipinski definition) is 3. The Morgan fingerprint density at radius 3 is 2.82 bits per heavy atom. The van der Waals surface area contributed by atoms with Crippen LogP contribution in [-0.4, -0.2) is 16.3 Å². The van der Waals surface area contributed by atoms with Gasteiger partial charge in [-0.25, -0.2) is 4.98 Å². The van der Waals surface area contributed by atoms with Gasteiger partial charge in [0, 0.05) is 22.5 Å². The van der Waals surface area contributed by atoms with Gasteiger partial charge in [0.15, 0.2) is 0 Å². The molecule has 1 saturated heterocycles. The monoisotopic (exact) mass is 250 g/mol. The number of nitrogens with one attached hydrogen (secondary N) is 1. The molecule has 0 unspecified atom stereocenters. The Morgan fingerprint density at radius 2 is 2.18 bits per heavy atom. The van der Waals surface area contributed by atoms with Crippen LogP contribution in [0.4, 0.5) is 0 Å². The number of aromatic nitrogens is 1. The molecule has 1 aromatic heterocycles. The molecule has 17 heavy (non-hydrogen) atoms. The number of pyridine rings is 1. The Hall–Kier alpha value is -0.540.